The van der Waals surface area contributed by atoms with E-state index < -0.39 is 0 Å². The summed E-state index contributed by atoms with van der Waals surface area (Å²) in [6.07, 6.45) is 2.86. The van der Waals surface area contributed by atoms with Crippen LogP contribution in [0.4, 0.5) is 0 Å². The number of hydrogen-bond acceptors (Lipinski definition) is 8. The van der Waals surface area contributed by atoms with Crippen LogP contribution in [-0.2, 0) is 22.6 Å². The van der Waals surface area contributed by atoms with Crippen LogP contribution in [0, 0.1) is 5.92 Å². The monoisotopic (exact) mass is 535 g/mol. The van der Waals surface area contributed by atoms with Crippen LogP contribution >= 0.6 is 0 Å². The number of oxazole rings is 1. The van der Waals surface area contributed by atoms with Crippen molar-refractivity contribution < 1.29 is 28.2 Å². The van der Waals surface area contributed by atoms with Crippen LogP contribution in [0.25, 0.3) is 0 Å². The summed E-state index contributed by atoms with van der Waals surface area (Å²) >= 11 is 0. The Kier molecular flexibility index (Phi) is 9.59. The topological polar surface area (TPSA) is 94.3 Å². The fraction of sp³-hybridized carbons (Fsp3) is 0.433. The second-order valence-corrected chi connectivity index (χ2v) is 9.64. The Hall–Kier alpha value is -3.85. The number of likely N-dealkylation sites (tertiary alicyclic amines) is 1. The lowest BCUT2D eigenvalue weighted by atomic mass is 9.98. The van der Waals surface area contributed by atoms with Gasteiger partial charge >= 0.3 is 5.97 Å². The minimum Gasteiger partial charge on any atom is -0.497 e. The van der Waals surface area contributed by atoms with Crippen LogP contribution in [0.2, 0.25) is 0 Å². The number of carbonyl (C=O) groups excluding carboxylic acids is 2. The minimum absolute atomic E-state index is 0.0144. The Morgan fingerprint density at radius 2 is 1.92 bits per heavy atom. The molecule has 39 heavy (non-hydrogen) atoms. The van der Waals surface area contributed by atoms with E-state index in [0.717, 1.165) is 29.0 Å². The Bertz CT molecular complexity index is 1240. The normalized spacial score (nSPS) is 16.1. The molecule has 2 atom stereocenters. The van der Waals surface area contributed by atoms with Gasteiger partial charge in [-0.15, -0.1) is 0 Å². The maximum Gasteiger partial charge on any atom is 0.310 e. The second-order valence-electron chi connectivity index (χ2n) is 9.64. The maximum atomic E-state index is 13.2. The van der Waals surface area contributed by atoms with Crippen molar-refractivity contribution in [1.29, 1.82) is 0 Å². The van der Waals surface area contributed by atoms with Gasteiger partial charge in [-0.25, -0.2) is 4.98 Å². The van der Waals surface area contributed by atoms with Gasteiger partial charge in [0.1, 0.15) is 17.8 Å². The van der Waals surface area contributed by atoms with Crippen molar-refractivity contribution >= 4 is 11.9 Å². The van der Waals surface area contributed by atoms with Crippen LogP contribution in [-0.4, -0.2) is 60.6 Å². The largest absolute Gasteiger partial charge is 0.497 e. The highest BCUT2D eigenvalue weighted by atomic mass is 16.5. The number of hydrogen-bond donors (Lipinski definition) is 0. The molecular weight excluding hydrogens is 498 g/mol. The molecule has 2 aromatic carbocycles. The molecule has 1 amide bonds. The Balaban J connectivity index is 1.53. The summed E-state index contributed by atoms with van der Waals surface area (Å²) in [7, 11) is 3.29. The highest BCUT2D eigenvalue weighted by Gasteiger charge is 2.31. The zero-order valence-electron chi connectivity index (χ0n) is 23.1. The summed E-state index contributed by atoms with van der Waals surface area (Å²) in [5.41, 5.74) is 2.34. The number of nitrogens with zero attached hydrogens (tertiary/aromatic N) is 3. The van der Waals surface area contributed by atoms with Gasteiger partial charge in [0.15, 0.2) is 5.69 Å². The number of benzene rings is 2. The van der Waals surface area contributed by atoms with Crippen molar-refractivity contribution in [2.45, 2.75) is 45.8 Å². The van der Waals surface area contributed by atoms with Crippen molar-refractivity contribution in [2.75, 3.05) is 33.9 Å². The number of aromatic nitrogens is 1. The van der Waals surface area contributed by atoms with E-state index in [-0.39, 0.29) is 29.5 Å². The summed E-state index contributed by atoms with van der Waals surface area (Å²) in [6.45, 7) is 6.05. The summed E-state index contributed by atoms with van der Waals surface area (Å²) in [5.74, 6) is 1.12. The quantitative estimate of drug-likeness (QED) is 0.321. The molecule has 1 aromatic heterocycles. The number of rotatable bonds is 11. The van der Waals surface area contributed by atoms with Gasteiger partial charge < -0.3 is 23.5 Å². The summed E-state index contributed by atoms with van der Waals surface area (Å²) in [6, 6.07) is 15.9. The van der Waals surface area contributed by atoms with E-state index in [1.807, 2.05) is 36.4 Å². The molecule has 1 aliphatic heterocycles. The molecule has 3 aromatic rings. The molecule has 0 radical (unpaired) electrons. The highest BCUT2D eigenvalue weighted by molar-refractivity contribution is 5.92. The first-order chi connectivity index (χ1) is 18.9. The fourth-order valence-corrected chi connectivity index (χ4v) is 4.93. The molecule has 0 spiro atoms. The van der Waals surface area contributed by atoms with Gasteiger partial charge in [0.05, 0.1) is 33.3 Å². The summed E-state index contributed by atoms with van der Waals surface area (Å²) in [4.78, 5) is 33.9. The molecule has 0 saturated carbocycles. The van der Waals surface area contributed by atoms with Crippen molar-refractivity contribution in [1.82, 2.24) is 14.8 Å². The Labute approximate surface area is 229 Å². The maximum absolute atomic E-state index is 13.2. The van der Waals surface area contributed by atoms with Gasteiger partial charge in [0.2, 0.25) is 5.89 Å². The molecule has 0 unspecified atom stereocenters. The van der Waals surface area contributed by atoms with Crippen molar-refractivity contribution in [3.05, 3.63) is 77.5 Å². The number of piperidine rings is 1. The summed E-state index contributed by atoms with van der Waals surface area (Å²) < 4.78 is 22.0. The second kappa shape index (κ2) is 13.3. The molecule has 0 aliphatic carbocycles. The Morgan fingerprint density at radius 1 is 1.13 bits per heavy atom. The molecule has 4 rings (SSSR count). The molecule has 208 valence electrons. The lowest BCUT2D eigenvalue weighted by Crippen LogP contribution is -2.43. The molecule has 2 heterocycles. The van der Waals surface area contributed by atoms with E-state index in [4.69, 9.17) is 18.6 Å². The first-order valence-electron chi connectivity index (χ1n) is 13.3. The predicted octanol–water partition coefficient (Wildman–Crippen LogP) is 4.87. The molecule has 1 saturated heterocycles. The zero-order chi connectivity index (χ0) is 27.8. The first-order valence-corrected chi connectivity index (χ1v) is 13.3. The highest BCUT2D eigenvalue weighted by Crippen LogP contribution is 2.30. The smallest absolute Gasteiger partial charge is 0.310 e. The van der Waals surface area contributed by atoms with Crippen molar-refractivity contribution in [3.8, 4) is 11.5 Å². The third-order valence-corrected chi connectivity index (χ3v) is 7.13. The van der Waals surface area contributed by atoms with Crippen molar-refractivity contribution in [3.63, 3.8) is 0 Å². The zero-order valence-corrected chi connectivity index (χ0v) is 23.1. The number of esters is 1. The van der Waals surface area contributed by atoms with E-state index in [2.05, 4.69) is 28.9 Å². The van der Waals surface area contributed by atoms with Crippen LogP contribution in [0.5, 0.6) is 11.5 Å². The summed E-state index contributed by atoms with van der Waals surface area (Å²) in [5, 5.41) is 0. The van der Waals surface area contributed by atoms with E-state index in [0.29, 0.717) is 45.1 Å². The molecule has 1 fully saturated rings. The molecule has 0 bridgehead atoms. The van der Waals surface area contributed by atoms with Gasteiger partial charge in [-0.05, 0) is 50.5 Å². The van der Waals surface area contributed by atoms with Crippen molar-refractivity contribution in [2.24, 2.45) is 5.92 Å². The van der Waals surface area contributed by atoms with Gasteiger partial charge in [-0.2, -0.15) is 0 Å². The SMILES string of the molecule is CCOC(=O)[C@H]1CCCN(C(=O)c2coc(CN(Cc3cc(OC)ccc3OC)[C@H](C)c3ccccc3)n2)C1. The first kappa shape index (κ1) is 28.2. The number of carbonyl (C=O) groups is 2. The van der Waals surface area contributed by atoms with Gasteiger partial charge in [-0.1, -0.05) is 30.3 Å². The minimum atomic E-state index is -0.311. The number of amides is 1. The third-order valence-electron chi connectivity index (χ3n) is 7.13. The van der Waals surface area contributed by atoms with E-state index in [1.165, 1.54) is 6.26 Å². The van der Waals surface area contributed by atoms with Crippen LogP contribution in [0.3, 0.4) is 0 Å². The molecular formula is C30H37N3O6. The van der Waals surface area contributed by atoms with Gasteiger partial charge in [-0.3, -0.25) is 14.5 Å². The average molecular weight is 536 g/mol. The number of ether oxygens (including phenoxy) is 3. The Morgan fingerprint density at radius 3 is 2.64 bits per heavy atom. The molecule has 9 nitrogen and oxygen atoms in total. The predicted molar refractivity (Wildman–Crippen MR) is 145 cm³/mol. The van der Waals surface area contributed by atoms with Gasteiger partial charge in [0, 0.05) is 31.2 Å². The molecule has 0 N–H and O–H groups in total. The lowest BCUT2D eigenvalue weighted by molar-refractivity contribution is -0.149. The van der Waals surface area contributed by atoms with E-state index in [1.54, 1.807) is 26.0 Å². The lowest BCUT2D eigenvalue weighted by Gasteiger charge is -2.31. The van der Waals surface area contributed by atoms with E-state index >= 15 is 0 Å². The van der Waals surface area contributed by atoms with E-state index in [9.17, 15) is 9.59 Å². The molecule has 1 aliphatic rings. The van der Waals surface area contributed by atoms with Crippen LogP contribution < -0.4 is 9.47 Å². The van der Waals surface area contributed by atoms with Crippen LogP contribution in [0.15, 0.2) is 59.2 Å². The third kappa shape index (κ3) is 6.97. The van der Waals surface area contributed by atoms with Crippen LogP contribution in [0.1, 0.15) is 60.2 Å². The average Bonchev–Trinajstić information content (AvgIpc) is 3.45. The van der Waals surface area contributed by atoms with Gasteiger partial charge in [0.25, 0.3) is 5.91 Å². The molecule has 9 heteroatoms. The number of methoxy groups -OCH3 is 2. The fourth-order valence-electron chi connectivity index (χ4n) is 4.93. The standard InChI is InChI=1S/C30H37N3O6/c1-5-38-30(35)23-12-9-15-32(17-23)29(34)26-20-39-28(31-26)19-33(21(2)22-10-7-6-8-11-22)18-24-16-25(36-3)13-14-27(24)37-4/h6-8,10-11,13-14,16,20-21,23H,5,9,12,15,17-19H2,1-4H3/t21-,23+/m1/s1.